The predicted octanol–water partition coefficient (Wildman–Crippen LogP) is 1.44. The van der Waals surface area contributed by atoms with E-state index >= 15 is 0 Å². The number of carbonyl (C=O) groups is 1. The van der Waals surface area contributed by atoms with Gasteiger partial charge in [-0.15, -0.1) is 0 Å². The Kier molecular flexibility index (Phi) is 7.13. The standard InChI is InChI=1S/C11H24N2O2/c1-5-10(6-2)7-12-11(15)13(4)8-9(3)14/h9-10,14H,5-8H2,1-4H3,(H,12,15). The molecule has 1 atom stereocenters. The van der Waals surface area contributed by atoms with E-state index in [1.807, 2.05) is 0 Å². The minimum absolute atomic E-state index is 0.109. The fraction of sp³-hybridized carbons (Fsp3) is 0.909. The number of rotatable bonds is 6. The topological polar surface area (TPSA) is 52.6 Å². The minimum atomic E-state index is -0.478. The second-order valence-corrected chi connectivity index (χ2v) is 4.10. The lowest BCUT2D eigenvalue weighted by Gasteiger charge is -2.21. The molecule has 0 aromatic heterocycles. The lowest BCUT2D eigenvalue weighted by molar-refractivity contribution is 0.143. The summed E-state index contributed by atoms with van der Waals surface area (Å²) in [5.41, 5.74) is 0. The molecule has 0 saturated heterocycles. The first kappa shape index (κ1) is 14.2. The Morgan fingerprint density at radius 1 is 1.40 bits per heavy atom. The SMILES string of the molecule is CCC(CC)CNC(=O)N(C)CC(C)O. The van der Waals surface area contributed by atoms with Crippen molar-refractivity contribution in [1.82, 2.24) is 10.2 Å². The zero-order valence-corrected chi connectivity index (χ0v) is 10.3. The summed E-state index contributed by atoms with van der Waals surface area (Å²) in [6, 6.07) is -0.109. The van der Waals surface area contributed by atoms with E-state index in [1.54, 1.807) is 14.0 Å². The fourth-order valence-corrected chi connectivity index (χ4v) is 1.42. The van der Waals surface area contributed by atoms with Crippen LogP contribution in [0, 0.1) is 5.92 Å². The maximum absolute atomic E-state index is 11.5. The van der Waals surface area contributed by atoms with Crippen LogP contribution in [0.5, 0.6) is 0 Å². The molecule has 0 aliphatic heterocycles. The van der Waals surface area contributed by atoms with Crippen molar-refractivity contribution in [3.05, 3.63) is 0 Å². The summed E-state index contributed by atoms with van der Waals surface area (Å²) < 4.78 is 0. The average Bonchev–Trinajstić information content (AvgIpc) is 2.18. The summed E-state index contributed by atoms with van der Waals surface area (Å²) >= 11 is 0. The van der Waals surface area contributed by atoms with Crippen LogP contribution >= 0.6 is 0 Å². The molecule has 4 nitrogen and oxygen atoms in total. The minimum Gasteiger partial charge on any atom is -0.392 e. The van der Waals surface area contributed by atoms with Gasteiger partial charge in [-0.05, 0) is 12.8 Å². The van der Waals surface area contributed by atoms with E-state index in [0.717, 1.165) is 19.4 Å². The molecule has 0 aromatic carbocycles. The van der Waals surface area contributed by atoms with Gasteiger partial charge in [0.2, 0.25) is 0 Å². The van der Waals surface area contributed by atoms with Crippen molar-refractivity contribution in [3.63, 3.8) is 0 Å². The Balaban J connectivity index is 3.81. The molecule has 15 heavy (non-hydrogen) atoms. The van der Waals surface area contributed by atoms with Crippen LogP contribution in [-0.2, 0) is 0 Å². The van der Waals surface area contributed by atoms with Gasteiger partial charge in [0, 0.05) is 20.1 Å². The van der Waals surface area contributed by atoms with E-state index in [2.05, 4.69) is 19.2 Å². The molecule has 0 fully saturated rings. The number of likely N-dealkylation sites (N-methyl/N-ethyl adjacent to an activating group) is 1. The van der Waals surface area contributed by atoms with Crippen molar-refractivity contribution in [2.45, 2.75) is 39.7 Å². The van der Waals surface area contributed by atoms with Gasteiger partial charge < -0.3 is 15.3 Å². The van der Waals surface area contributed by atoms with Gasteiger partial charge >= 0.3 is 6.03 Å². The third-order valence-corrected chi connectivity index (χ3v) is 2.58. The number of nitrogens with one attached hydrogen (secondary N) is 1. The summed E-state index contributed by atoms with van der Waals surface area (Å²) in [7, 11) is 1.69. The number of hydrogen-bond donors (Lipinski definition) is 2. The zero-order valence-electron chi connectivity index (χ0n) is 10.3. The molecule has 4 heteroatoms. The molecule has 0 aliphatic carbocycles. The van der Waals surface area contributed by atoms with Gasteiger partial charge in [-0.1, -0.05) is 26.7 Å². The number of nitrogens with zero attached hydrogens (tertiary/aromatic N) is 1. The van der Waals surface area contributed by atoms with Gasteiger partial charge in [0.15, 0.2) is 0 Å². The summed E-state index contributed by atoms with van der Waals surface area (Å²) in [5, 5.41) is 12.0. The van der Waals surface area contributed by atoms with E-state index in [4.69, 9.17) is 5.11 Å². The molecule has 0 aromatic rings. The van der Waals surface area contributed by atoms with Gasteiger partial charge in [-0.2, -0.15) is 0 Å². The molecule has 0 heterocycles. The number of urea groups is 1. The average molecular weight is 216 g/mol. The molecular formula is C11H24N2O2. The highest BCUT2D eigenvalue weighted by atomic mass is 16.3. The summed E-state index contributed by atoms with van der Waals surface area (Å²) in [5.74, 6) is 0.550. The molecule has 0 saturated carbocycles. The van der Waals surface area contributed by atoms with Gasteiger partial charge in [0.25, 0.3) is 0 Å². The third kappa shape index (κ3) is 6.33. The first-order valence-electron chi connectivity index (χ1n) is 5.68. The van der Waals surface area contributed by atoms with Crippen molar-refractivity contribution < 1.29 is 9.90 Å². The highest BCUT2D eigenvalue weighted by Gasteiger charge is 2.11. The Morgan fingerprint density at radius 2 is 1.93 bits per heavy atom. The van der Waals surface area contributed by atoms with E-state index in [1.165, 1.54) is 4.90 Å². The number of aliphatic hydroxyl groups is 1. The molecule has 0 aliphatic rings. The summed E-state index contributed by atoms with van der Waals surface area (Å²) in [6.07, 6.45) is 1.68. The third-order valence-electron chi connectivity index (χ3n) is 2.58. The zero-order chi connectivity index (χ0) is 11.8. The number of aliphatic hydroxyl groups excluding tert-OH is 1. The van der Waals surface area contributed by atoms with Crippen LogP contribution in [0.2, 0.25) is 0 Å². The normalized spacial score (nSPS) is 12.7. The lowest BCUT2D eigenvalue weighted by atomic mass is 10.0. The smallest absolute Gasteiger partial charge is 0.317 e. The molecule has 2 amide bonds. The second kappa shape index (κ2) is 7.51. The Hall–Kier alpha value is -0.770. The molecule has 1 unspecified atom stereocenters. The highest BCUT2D eigenvalue weighted by Crippen LogP contribution is 2.05. The fourth-order valence-electron chi connectivity index (χ4n) is 1.42. The lowest BCUT2D eigenvalue weighted by Crippen LogP contribution is -2.42. The van der Waals surface area contributed by atoms with E-state index < -0.39 is 6.10 Å². The van der Waals surface area contributed by atoms with Gasteiger partial charge in [0.1, 0.15) is 0 Å². The van der Waals surface area contributed by atoms with Crippen LogP contribution in [0.15, 0.2) is 0 Å². The molecule has 0 bridgehead atoms. The van der Waals surface area contributed by atoms with E-state index in [9.17, 15) is 4.79 Å². The Morgan fingerprint density at radius 3 is 2.33 bits per heavy atom. The summed E-state index contributed by atoms with van der Waals surface area (Å²) in [4.78, 5) is 13.0. The van der Waals surface area contributed by atoms with Crippen molar-refractivity contribution in [3.8, 4) is 0 Å². The first-order valence-corrected chi connectivity index (χ1v) is 5.68. The van der Waals surface area contributed by atoms with Crippen molar-refractivity contribution in [2.24, 2.45) is 5.92 Å². The monoisotopic (exact) mass is 216 g/mol. The van der Waals surface area contributed by atoms with E-state index in [0.29, 0.717) is 12.5 Å². The maximum atomic E-state index is 11.5. The first-order chi connectivity index (χ1) is 7.01. The maximum Gasteiger partial charge on any atom is 0.317 e. The number of carbonyl (C=O) groups excluding carboxylic acids is 1. The van der Waals surface area contributed by atoms with Crippen LogP contribution in [0.4, 0.5) is 4.79 Å². The predicted molar refractivity (Wildman–Crippen MR) is 61.8 cm³/mol. The van der Waals surface area contributed by atoms with Gasteiger partial charge in [-0.25, -0.2) is 4.79 Å². The van der Waals surface area contributed by atoms with Crippen LogP contribution in [0.1, 0.15) is 33.6 Å². The number of hydrogen-bond acceptors (Lipinski definition) is 2. The molecule has 0 rings (SSSR count). The van der Waals surface area contributed by atoms with Gasteiger partial charge in [-0.3, -0.25) is 0 Å². The van der Waals surface area contributed by atoms with E-state index in [-0.39, 0.29) is 6.03 Å². The molecule has 0 radical (unpaired) electrons. The molecular weight excluding hydrogens is 192 g/mol. The highest BCUT2D eigenvalue weighted by molar-refractivity contribution is 5.73. The van der Waals surface area contributed by atoms with Gasteiger partial charge in [0.05, 0.1) is 6.10 Å². The van der Waals surface area contributed by atoms with Crippen LogP contribution in [-0.4, -0.2) is 42.3 Å². The van der Waals surface area contributed by atoms with Crippen molar-refractivity contribution in [2.75, 3.05) is 20.1 Å². The second-order valence-electron chi connectivity index (χ2n) is 4.10. The van der Waals surface area contributed by atoms with Crippen LogP contribution < -0.4 is 5.32 Å². The Bertz CT molecular complexity index is 179. The quantitative estimate of drug-likeness (QED) is 0.706. The van der Waals surface area contributed by atoms with Crippen molar-refractivity contribution in [1.29, 1.82) is 0 Å². The van der Waals surface area contributed by atoms with Crippen LogP contribution in [0.3, 0.4) is 0 Å². The number of amides is 2. The largest absolute Gasteiger partial charge is 0.392 e. The van der Waals surface area contributed by atoms with Crippen LogP contribution in [0.25, 0.3) is 0 Å². The summed E-state index contributed by atoms with van der Waals surface area (Å²) in [6.45, 7) is 7.01. The molecule has 0 spiro atoms. The Labute approximate surface area is 92.7 Å². The molecule has 2 N–H and O–H groups in total. The van der Waals surface area contributed by atoms with Crippen molar-refractivity contribution >= 4 is 6.03 Å². The molecule has 90 valence electrons.